The van der Waals surface area contributed by atoms with Gasteiger partial charge in [0, 0.05) is 18.4 Å². The Labute approximate surface area is 180 Å². The number of carbonyl (C=O) groups is 2. The van der Waals surface area contributed by atoms with Crippen molar-refractivity contribution in [2.24, 2.45) is 11.8 Å². The Morgan fingerprint density at radius 3 is 2.83 bits per heavy atom. The van der Waals surface area contributed by atoms with Crippen LogP contribution in [0.2, 0.25) is 0 Å². The molecule has 0 aromatic heterocycles. The van der Waals surface area contributed by atoms with E-state index >= 15 is 0 Å². The van der Waals surface area contributed by atoms with Crippen LogP contribution in [0.4, 0.5) is 0 Å². The van der Waals surface area contributed by atoms with E-state index in [0.29, 0.717) is 17.7 Å². The number of nitrogens with one attached hydrogen (secondary N) is 1. The van der Waals surface area contributed by atoms with Gasteiger partial charge >= 0.3 is 5.97 Å². The van der Waals surface area contributed by atoms with Gasteiger partial charge in [0.1, 0.15) is 11.8 Å². The summed E-state index contributed by atoms with van der Waals surface area (Å²) in [5, 5.41) is 2.78. The number of piperidine rings is 1. The number of esters is 1. The number of amides is 1. The number of likely N-dealkylation sites (tertiary alicyclic amines) is 1. The van der Waals surface area contributed by atoms with Crippen LogP contribution < -0.4 is 10.1 Å². The molecule has 1 amide bonds. The van der Waals surface area contributed by atoms with E-state index in [2.05, 4.69) is 29.4 Å². The lowest BCUT2D eigenvalue weighted by molar-refractivity contribution is -0.140. The first kappa shape index (κ1) is 21.4. The quantitative estimate of drug-likeness (QED) is 0.590. The maximum absolute atomic E-state index is 12.9. The SMILES string of the molecule is CCC(C)C(NC(C)=O)C(=O)Oc1ccc2c(c1)[C@@]13CCCC[C@H]1[C@@H](C2)N(C)CC3. The average molecular weight is 413 g/mol. The van der Waals surface area contributed by atoms with Crippen LogP contribution in [-0.4, -0.2) is 42.5 Å². The largest absolute Gasteiger partial charge is 0.425 e. The van der Waals surface area contributed by atoms with Crippen LogP contribution >= 0.6 is 0 Å². The third-order valence-electron chi connectivity index (χ3n) is 8.13. The first-order valence-electron chi connectivity index (χ1n) is 11.7. The Hall–Kier alpha value is -1.88. The van der Waals surface area contributed by atoms with Gasteiger partial charge in [-0.15, -0.1) is 0 Å². The number of hydrogen-bond donors (Lipinski definition) is 1. The van der Waals surface area contributed by atoms with Crippen LogP contribution in [0.15, 0.2) is 18.2 Å². The van der Waals surface area contributed by atoms with Crippen molar-refractivity contribution in [3.63, 3.8) is 0 Å². The second kappa shape index (κ2) is 8.33. The molecule has 2 aliphatic carbocycles. The zero-order valence-corrected chi connectivity index (χ0v) is 18.9. The molecule has 2 bridgehead atoms. The molecule has 1 heterocycles. The minimum absolute atomic E-state index is 0.0231. The molecule has 5 nitrogen and oxygen atoms in total. The Morgan fingerprint density at radius 2 is 2.10 bits per heavy atom. The van der Waals surface area contributed by atoms with Gasteiger partial charge in [-0.3, -0.25) is 4.79 Å². The van der Waals surface area contributed by atoms with E-state index in [0.717, 1.165) is 19.4 Å². The fraction of sp³-hybridized carbons (Fsp3) is 0.680. The number of likely N-dealkylation sites (N-methyl/N-ethyl adjacent to an activating group) is 1. The van der Waals surface area contributed by atoms with Crippen molar-refractivity contribution in [1.82, 2.24) is 10.2 Å². The molecule has 0 radical (unpaired) electrons. The second-order valence-corrected chi connectivity index (χ2v) is 9.81. The summed E-state index contributed by atoms with van der Waals surface area (Å²) < 4.78 is 5.84. The Kier molecular flexibility index (Phi) is 5.93. The highest BCUT2D eigenvalue weighted by Gasteiger charge is 2.53. The molecule has 2 unspecified atom stereocenters. The molecule has 1 aromatic rings. The molecule has 1 aliphatic heterocycles. The van der Waals surface area contributed by atoms with Gasteiger partial charge in [-0.25, -0.2) is 4.79 Å². The molecule has 5 heteroatoms. The van der Waals surface area contributed by atoms with Crippen molar-refractivity contribution in [3.8, 4) is 5.75 Å². The fourth-order valence-electron chi connectivity index (χ4n) is 6.31. The van der Waals surface area contributed by atoms with E-state index < -0.39 is 6.04 Å². The number of benzene rings is 1. The molecule has 164 valence electrons. The van der Waals surface area contributed by atoms with Gasteiger partial charge in [0.25, 0.3) is 0 Å². The van der Waals surface area contributed by atoms with Gasteiger partial charge in [-0.1, -0.05) is 39.2 Å². The molecule has 1 N–H and O–H groups in total. The number of rotatable bonds is 5. The van der Waals surface area contributed by atoms with E-state index in [1.54, 1.807) is 0 Å². The van der Waals surface area contributed by atoms with Crippen molar-refractivity contribution in [3.05, 3.63) is 29.3 Å². The van der Waals surface area contributed by atoms with Crippen LogP contribution in [0.1, 0.15) is 70.4 Å². The predicted molar refractivity (Wildman–Crippen MR) is 118 cm³/mol. The molecule has 1 saturated heterocycles. The first-order chi connectivity index (χ1) is 14.4. The Morgan fingerprint density at radius 1 is 1.30 bits per heavy atom. The van der Waals surface area contributed by atoms with E-state index in [4.69, 9.17) is 4.74 Å². The van der Waals surface area contributed by atoms with Crippen molar-refractivity contribution in [2.45, 2.75) is 83.2 Å². The zero-order chi connectivity index (χ0) is 21.5. The molecule has 4 rings (SSSR count). The number of nitrogens with zero attached hydrogens (tertiary/aromatic N) is 1. The van der Waals surface area contributed by atoms with Gasteiger partial charge < -0.3 is 15.0 Å². The summed E-state index contributed by atoms with van der Waals surface area (Å²) >= 11 is 0. The van der Waals surface area contributed by atoms with Crippen LogP contribution in [0, 0.1) is 11.8 Å². The fourth-order valence-corrected chi connectivity index (χ4v) is 6.31. The van der Waals surface area contributed by atoms with Crippen molar-refractivity contribution in [1.29, 1.82) is 0 Å². The molecular weight excluding hydrogens is 376 g/mol. The number of carbonyl (C=O) groups excluding carboxylic acids is 2. The predicted octanol–water partition coefficient (Wildman–Crippen LogP) is 3.83. The summed E-state index contributed by atoms with van der Waals surface area (Å²) in [6.45, 7) is 6.58. The van der Waals surface area contributed by atoms with Crippen LogP contribution in [0.5, 0.6) is 5.75 Å². The van der Waals surface area contributed by atoms with E-state index in [1.165, 1.54) is 50.2 Å². The summed E-state index contributed by atoms with van der Waals surface area (Å²) in [6, 6.07) is 6.28. The van der Waals surface area contributed by atoms with Gasteiger partial charge in [0.2, 0.25) is 5.91 Å². The van der Waals surface area contributed by atoms with Gasteiger partial charge in [-0.05, 0) is 74.4 Å². The van der Waals surface area contributed by atoms with Gasteiger partial charge in [0.15, 0.2) is 0 Å². The number of fused-ring (bicyclic) bond motifs is 1. The monoisotopic (exact) mass is 412 g/mol. The summed E-state index contributed by atoms with van der Waals surface area (Å²) in [7, 11) is 2.28. The summed E-state index contributed by atoms with van der Waals surface area (Å²) in [5.74, 6) is 0.775. The average Bonchev–Trinajstić information content (AvgIpc) is 2.74. The third-order valence-corrected chi connectivity index (χ3v) is 8.13. The van der Waals surface area contributed by atoms with Crippen LogP contribution in [-0.2, 0) is 21.4 Å². The molecule has 0 spiro atoms. The summed E-state index contributed by atoms with van der Waals surface area (Å²) in [5.41, 5.74) is 3.07. The highest BCUT2D eigenvalue weighted by molar-refractivity contribution is 5.84. The van der Waals surface area contributed by atoms with Crippen molar-refractivity contribution >= 4 is 11.9 Å². The van der Waals surface area contributed by atoms with Gasteiger partial charge in [0.05, 0.1) is 0 Å². The lowest BCUT2D eigenvalue weighted by Gasteiger charge is -2.58. The van der Waals surface area contributed by atoms with E-state index in [-0.39, 0.29) is 23.2 Å². The minimum Gasteiger partial charge on any atom is -0.425 e. The topological polar surface area (TPSA) is 58.6 Å². The first-order valence-corrected chi connectivity index (χ1v) is 11.7. The van der Waals surface area contributed by atoms with E-state index in [1.807, 2.05) is 19.9 Å². The summed E-state index contributed by atoms with van der Waals surface area (Å²) in [6.07, 6.45) is 8.24. The highest BCUT2D eigenvalue weighted by atomic mass is 16.5. The molecular formula is C25H36N2O3. The number of hydrogen-bond acceptors (Lipinski definition) is 4. The smallest absolute Gasteiger partial charge is 0.334 e. The van der Waals surface area contributed by atoms with Crippen molar-refractivity contribution < 1.29 is 14.3 Å². The van der Waals surface area contributed by atoms with Crippen molar-refractivity contribution in [2.75, 3.05) is 13.6 Å². The third kappa shape index (κ3) is 3.66. The van der Waals surface area contributed by atoms with Crippen LogP contribution in [0.25, 0.3) is 0 Å². The zero-order valence-electron chi connectivity index (χ0n) is 18.9. The Balaban J connectivity index is 1.63. The van der Waals surface area contributed by atoms with E-state index in [9.17, 15) is 9.59 Å². The molecule has 5 atom stereocenters. The van der Waals surface area contributed by atoms with Gasteiger partial charge in [-0.2, -0.15) is 0 Å². The highest BCUT2D eigenvalue weighted by Crippen LogP contribution is 2.55. The second-order valence-electron chi connectivity index (χ2n) is 9.81. The molecule has 1 saturated carbocycles. The summed E-state index contributed by atoms with van der Waals surface area (Å²) in [4.78, 5) is 27.1. The molecule has 1 aromatic carbocycles. The molecule has 2 fully saturated rings. The molecule has 3 aliphatic rings. The standard InChI is InChI=1S/C25H36N2O3/c1-5-16(2)23(26-17(3)28)24(29)30-19-10-9-18-14-22-20-8-6-7-11-25(20,21(18)15-19)12-13-27(22)4/h9-10,15-16,20,22-23H,5-8,11-14H2,1-4H3,(H,26,28)/t16?,20-,22+,23?,25+/m0/s1. The van der Waals surface area contributed by atoms with Crippen LogP contribution in [0.3, 0.4) is 0 Å². The molecule has 30 heavy (non-hydrogen) atoms. The lowest BCUT2D eigenvalue weighted by atomic mass is 9.52. The maximum Gasteiger partial charge on any atom is 0.334 e. The minimum atomic E-state index is -0.614. The normalized spacial score (nSPS) is 29.9. The number of ether oxygens (including phenoxy) is 1. The Bertz CT molecular complexity index is 823. The lowest BCUT2D eigenvalue weighted by Crippen LogP contribution is -2.59. The maximum atomic E-state index is 12.9.